The van der Waals surface area contributed by atoms with Crippen LogP contribution in [0.25, 0.3) is 0 Å². The Morgan fingerprint density at radius 3 is 2.52 bits per heavy atom. The number of nitriles is 2. The van der Waals surface area contributed by atoms with Crippen LogP contribution < -0.4 is 5.32 Å². The largest absolute Gasteiger partial charge is 0.360 e. The van der Waals surface area contributed by atoms with Gasteiger partial charge in [0.25, 0.3) is 0 Å². The Balaban J connectivity index is 2.24. The van der Waals surface area contributed by atoms with Crippen LogP contribution in [0.1, 0.15) is 25.7 Å². The van der Waals surface area contributed by atoms with E-state index < -0.39 is 9.84 Å². The standard InChI is InChI=1S/C15H15N3O2S/c16-9-12(10-17)11-18-13-4-3-7-15(8-13)21(19,20)14-5-1-2-6-14/h3-4,7-8,11,14,18H,1-2,5-6H2. The van der Waals surface area contributed by atoms with Crippen molar-refractivity contribution < 1.29 is 8.42 Å². The first-order valence-electron chi connectivity index (χ1n) is 6.69. The highest BCUT2D eigenvalue weighted by atomic mass is 32.2. The Labute approximate surface area is 124 Å². The molecular weight excluding hydrogens is 286 g/mol. The van der Waals surface area contributed by atoms with Crippen molar-refractivity contribution in [2.45, 2.75) is 35.8 Å². The summed E-state index contributed by atoms with van der Waals surface area (Å²) < 4.78 is 25.0. The maximum Gasteiger partial charge on any atom is 0.181 e. The fourth-order valence-electron chi connectivity index (χ4n) is 2.40. The van der Waals surface area contributed by atoms with Gasteiger partial charge in [-0.05, 0) is 31.0 Å². The number of allylic oxidation sites excluding steroid dienone is 1. The molecule has 1 aliphatic rings. The summed E-state index contributed by atoms with van der Waals surface area (Å²) in [6, 6.07) is 9.92. The van der Waals surface area contributed by atoms with Crippen LogP contribution in [0.15, 0.2) is 40.9 Å². The van der Waals surface area contributed by atoms with Crippen LogP contribution in [0.3, 0.4) is 0 Å². The molecule has 0 heterocycles. The predicted octanol–water partition coefficient (Wildman–Crippen LogP) is 2.75. The summed E-state index contributed by atoms with van der Waals surface area (Å²) in [5.41, 5.74) is 0.469. The summed E-state index contributed by atoms with van der Waals surface area (Å²) in [6.45, 7) is 0. The normalized spacial score (nSPS) is 15.0. The van der Waals surface area contributed by atoms with Gasteiger partial charge in [-0.3, -0.25) is 0 Å². The molecule has 108 valence electrons. The molecule has 0 radical (unpaired) electrons. The second kappa shape index (κ2) is 6.43. The summed E-state index contributed by atoms with van der Waals surface area (Å²) in [5, 5.41) is 19.8. The van der Waals surface area contributed by atoms with Crippen LogP contribution in [0.4, 0.5) is 5.69 Å². The van der Waals surface area contributed by atoms with Gasteiger partial charge >= 0.3 is 0 Å². The smallest absolute Gasteiger partial charge is 0.181 e. The van der Waals surface area contributed by atoms with Crippen LogP contribution in [-0.4, -0.2) is 13.7 Å². The lowest BCUT2D eigenvalue weighted by Crippen LogP contribution is -2.17. The van der Waals surface area contributed by atoms with Crippen molar-refractivity contribution in [2.75, 3.05) is 5.32 Å². The van der Waals surface area contributed by atoms with Gasteiger partial charge < -0.3 is 5.32 Å². The van der Waals surface area contributed by atoms with E-state index in [2.05, 4.69) is 5.32 Å². The average Bonchev–Trinajstić information content (AvgIpc) is 3.03. The summed E-state index contributed by atoms with van der Waals surface area (Å²) in [6.07, 6.45) is 4.61. The molecule has 0 aromatic heterocycles. The quantitative estimate of drug-likeness (QED) is 0.863. The van der Waals surface area contributed by atoms with Crippen molar-refractivity contribution in [1.82, 2.24) is 0 Å². The number of hydrogen-bond donors (Lipinski definition) is 1. The Morgan fingerprint density at radius 1 is 1.24 bits per heavy atom. The molecule has 1 N–H and O–H groups in total. The fraction of sp³-hybridized carbons (Fsp3) is 0.333. The molecule has 1 saturated carbocycles. The summed E-state index contributed by atoms with van der Waals surface area (Å²) in [5.74, 6) is 0. The minimum absolute atomic E-state index is 0.0703. The SMILES string of the molecule is N#CC(C#N)=CNc1cccc(S(=O)(=O)C2CCCC2)c1. The molecule has 1 aliphatic carbocycles. The molecule has 0 aliphatic heterocycles. The van der Waals surface area contributed by atoms with Crippen LogP contribution in [-0.2, 0) is 9.84 Å². The van der Waals surface area contributed by atoms with E-state index in [9.17, 15) is 8.42 Å². The third kappa shape index (κ3) is 3.42. The van der Waals surface area contributed by atoms with Gasteiger partial charge in [-0.2, -0.15) is 10.5 Å². The van der Waals surface area contributed by atoms with Gasteiger partial charge in [-0.1, -0.05) is 18.9 Å². The van der Waals surface area contributed by atoms with Gasteiger partial charge in [0, 0.05) is 11.9 Å². The van der Waals surface area contributed by atoms with E-state index in [4.69, 9.17) is 10.5 Å². The van der Waals surface area contributed by atoms with Gasteiger partial charge in [0.2, 0.25) is 0 Å². The van der Waals surface area contributed by atoms with Crippen molar-refractivity contribution >= 4 is 15.5 Å². The molecule has 0 bridgehead atoms. The molecule has 1 aromatic carbocycles. The lowest BCUT2D eigenvalue weighted by molar-refractivity contribution is 0.579. The molecule has 0 spiro atoms. The van der Waals surface area contributed by atoms with E-state index in [-0.39, 0.29) is 15.7 Å². The van der Waals surface area contributed by atoms with E-state index in [1.54, 1.807) is 30.3 Å². The third-order valence-electron chi connectivity index (χ3n) is 3.53. The highest BCUT2D eigenvalue weighted by molar-refractivity contribution is 7.92. The van der Waals surface area contributed by atoms with Gasteiger partial charge in [-0.15, -0.1) is 0 Å². The minimum Gasteiger partial charge on any atom is -0.360 e. The van der Waals surface area contributed by atoms with Gasteiger partial charge in [-0.25, -0.2) is 8.42 Å². The maximum absolute atomic E-state index is 12.5. The zero-order valence-corrected chi connectivity index (χ0v) is 12.2. The summed E-state index contributed by atoms with van der Waals surface area (Å²) in [4.78, 5) is 0.281. The van der Waals surface area contributed by atoms with Crippen molar-refractivity contribution in [3.05, 3.63) is 36.0 Å². The maximum atomic E-state index is 12.5. The van der Waals surface area contributed by atoms with Crippen molar-refractivity contribution in [3.63, 3.8) is 0 Å². The molecule has 1 fully saturated rings. The highest BCUT2D eigenvalue weighted by Gasteiger charge is 2.30. The van der Waals surface area contributed by atoms with Gasteiger partial charge in [0.15, 0.2) is 9.84 Å². The first kappa shape index (κ1) is 15.1. The van der Waals surface area contributed by atoms with E-state index in [0.717, 1.165) is 12.8 Å². The first-order valence-corrected chi connectivity index (χ1v) is 8.23. The van der Waals surface area contributed by atoms with E-state index >= 15 is 0 Å². The molecule has 0 unspecified atom stereocenters. The second-order valence-corrected chi connectivity index (χ2v) is 7.13. The second-order valence-electron chi connectivity index (χ2n) is 4.91. The zero-order valence-electron chi connectivity index (χ0n) is 11.4. The predicted molar refractivity (Wildman–Crippen MR) is 78.8 cm³/mol. The van der Waals surface area contributed by atoms with Crippen LogP contribution in [0.2, 0.25) is 0 Å². The van der Waals surface area contributed by atoms with Gasteiger partial charge in [0.1, 0.15) is 17.7 Å². The molecule has 0 atom stereocenters. The monoisotopic (exact) mass is 301 g/mol. The molecule has 0 amide bonds. The van der Waals surface area contributed by atoms with Crippen LogP contribution in [0.5, 0.6) is 0 Å². The van der Waals surface area contributed by atoms with Crippen LogP contribution >= 0.6 is 0 Å². The molecule has 21 heavy (non-hydrogen) atoms. The van der Waals surface area contributed by atoms with Crippen molar-refractivity contribution in [2.24, 2.45) is 0 Å². The number of sulfone groups is 1. The van der Waals surface area contributed by atoms with E-state index in [1.807, 2.05) is 0 Å². The Morgan fingerprint density at radius 2 is 1.90 bits per heavy atom. The van der Waals surface area contributed by atoms with Gasteiger partial charge in [0.05, 0.1) is 10.1 Å². The molecule has 2 rings (SSSR count). The number of nitrogens with one attached hydrogen (secondary N) is 1. The minimum atomic E-state index is -3.30. The highest BCUT2D eigenvalue weighted by Crippen LogP contribution is 2.30. The molecule has 0 saturated heterocycles. The number of rotatable bonds is 4. The number of anilines is 1. The van der Waals surface area contributed by atoms with Crippen molar-refractivity contribution in [3.8, 4) is 12.1 Å². The van der Waals surface area contributed by atoms with Crippen LogP contribution in [0, 0.1) is 22.7 Å². The zero-order chi connectivity index (χ0) is 15.3. The number of nitrogens with zero attached hydrogens (tertiary/aromatic N) is 2. The summed E-state index contributed by atoms with van der Waals surface area (Å²) in [7, 11) is -3.30. The Hall–Kier alpha value is -2.31. The average molecular weight is 301 g/mol. The lowest BCUT2D eigenvalue weighted by Gasteiger charge is -2.12. The Kier molecular flexibility index (Phi) is 4.62. The molecule has 1 aromatic rings. The topological polar surface area (TPSA) is 93.8 Å². The number of benzene rings is 1. The first-order chi connectivity index (χ1) is 10.1. The molecule has 6 heteroatoms. The lowest BCUT2D eigenvalue weighted by atomic mass is 10.3. The third-order valence-corrected chi connectivity index (χ3v) is 5.79. The number of hydrogen-bond acceptors (Lipinski definition) is 5. The van der Waals surface area contributed by atoms with Crippen molar-refractivity contribution in [1.29, 1.82) is 10.5 Å². The molecule has 5 nitrogen and oxygen atoms in total. The van der Waals surface area contributed by atoms with E-state index in [0.29, 0.717) is 18.5 Å². The fourth-order valence-corrected chi connectivity index (χ4v) is 4.30. The summed E-state index contributed by atoms with van der Waals surface area (Å²) >= 11 is 0. The molecular formula is C15H15N3O2S. The van der Waals surface area contributed by atoms with E-state index in [1.165, 1.54) is 12.3 Å². The Bertz CT molecular complexity index is 717.